The molecule has 122 valence electrons. The Morgan fingerprint density at radius 2 is 2.00 bits per heavy atom. The summed E-state index contributed by atoms with van der Waals surface area (Å²) in [7, 11) is 0. The largest absolute Gasteiger partial charge is 0.396 e. The van der Waals surface area contributed by atoms with E-state index < -0.39 is 0 Å². The first-order chi connectivity index (χ1) is 10.7. The zero-order chi connectivity index (χ0) is 15.8. The van der Waals surface area contributed by atoms with Gasteiger partial charge in [-0.05, 0) is 37.7 Å². The van der Waals surface area contributed by atoms with E-state index >= 15 is 0 Å². The molecule has 1 aromatic rings. The number of aliphatic hydroxyl groups is 1. The van der Waals surface area contributed by atoms with Gasteiger partial charge in [-0.2, -0.15) is 0 Å². The summed E-state index contributed by atoms with van der Waals surface area (Å²) < 4.78 is 0. The maximum Gasteiger partial charge on any atom is 0.315 e. The van der Waals surface area contributed by atoms with Gasteiger partial charge in [0, 0.05) is 12.6 Å². The molecule has 0 radical (unpaired) electrons. The molecule has 1 saturated carbocycles. The minimum Gasteiger partial charge on any atom is -0.396 e. The van der Waals surface area contributed by atoms with E-state index in [4.69, 9.17) is 5.11 Å². The second-order valence-corrected chi connectivity index (χ2v) is 6.38. The quantitative estimate of drug-likeness (QED) is 0.689. The molecular weight excluding hydrogens is 276 g/mol. The fourth-order valence-corrected chi connectivity index (χ4v) is 2.92. The Morgan fingerprint density at radius 3 is 2.59 bits per heavy atom. The van der Waals surface area contributed by atoms with Crippen LogP contribution in [-0.2, 0) is 0 Å². The Morgan fingerprint density at radius 1 is 1.27 bits per heavy atom. The van der Waals surface area contributed by atoms with Crippen LogP contribution in [-0.4, -0.2) is 23.8 Å². The highest BCUT2D eigenvalue weighted by molar-refractivity contribution is 5.74. The first-order valence-corrected chi connectivity index (χ1v) is 8.42. The van der Waals surface area contributed by atoms with Crippen LogP contribution in [0.25, 0.3) is 0 Å². The first kappa shape index (κ1) is 16.8. The third kappa shape index (κ3) is 5.34. The van der Waals surface area contributed by atoms with Gasteiger partial charge in [0.15, 0.2) is 0 Å². The number of rotatable bonds is 8. The molecule has 0 saturated heterocycles. The van der Waals surface area contributed by atoms with Crippen LogP contribution in [0.1, 0.15) is 57.1 Å². The molecule has 2 amide bonds. The van der Waals surface area contributed by atoms with Gasteiger partial charge >= 0.3 is 6.03 Å². The topological polar surface area (TPSA) is 61.4 Å². The number of benzene rings is 1. The Kier molecular flexibility index (Phi) is 6.72. The van der Waals surface area contributed by atoms with E-state index in [9.17, 15) is 4.79 Å². The molecule has 4 nitrogen and oxygen atoms in total. The Hall–Kier alpha value is -1.55. The van der Waals surface area contributed by atoms with Crippen LogP contribution in [0.4, 0.5) is 4.79 Å². The number of amides is 2. The number of carbonyl (C=O) groups is 1. The number of carbonyl (C=O) groups excluding carboxylic acids is 1. The van der Waals surface area contributed by atoms with Crippen LogP contribution in [0.15, 0.2) is 30.3 Å². The van der Waals surface area contributed by atoms with Gasteiger partial charge in [-0.1, -0.05) is 49.6 Å². The Balaban J connectivity index is 1.89. The van der Waals surface area contributed by atoms with E-state index in [2.05, 4.69) is 22.8 Å². The van der Waals surface area contributed by atoms with Gasteiger partial charge in [-0.3, -0.25) is 0 Å². The number of aliphatic hydroxyl groups excluding tert-OH is 1. The maximum absolute atomic E-state index is 12.2. The zero-order valence-corrected chi connectivity index (χ0v) is 13.4. The van der Waals surface area contributed by atoms with Crippen molar-refractivity contribution in [2.24, 2.45) is 5.92 Å². The maximum atomic E-state index is 12.2. The molecule has 0 heterocycles. The molecule has 4 heteroatoms. The first-order valence-electron chi connectivity index (χ1n) is 8.42. The smallest absolute Gasteiger partial charge is 0.315 e. The van der Waals surface area contributed by atoms with Gasteiger partial charge in [0.25, 0.3) is 0 Å². The minimum atomic E-state index is -0.112. The molecule has 2 atom stereocenters. The van der Waals surface area contributed by atoms with Crippen LogP contribution in [0.2, 0.25) is 0 Å². The van der Waals surface area contributed by atoms with Crippen LogP contribution in [0.5, 0.6) is 0 Å². The summed E-state index contributed by atoms with van der Waals surface area (Å²) in [5, 5.41) is 14.9. The third-order valence-electron chi connectivity index (χ3n) is 4.47. The van der Waals surface area contributed by atoms with Gasteiger partial charge in [0.2, 0.25) is 0 Å². The van der Waals surface area contributed by atoms with E-state index in [1.54, 1.807) is 0 Å². The van der Waals surface area contributed by atoms with Gasteiger partial charge in [0.05, 0.1) is 6.04 Å². The molecule has 3 N–H and O–H groups in total. The molecule has 2 rings (SSSR count). The number of nitrogens with one attached hydrogen (secondary N) is 2. The van der Waals surface area contributed by atoms with E-state index in [1.165, 1.54) is 24.8 Å². The van der Waals surface area contributed by atoms with Crippen molar-refractivity contribution in [3.05, 3.63) is 35.9 Å². The van der Waals surface area contributed by atoms with Gasteiger partial charge < -0.3 is 15.7 Å². The minimum absolute atomic E-state index is 0.0762. The lowest BCUT2D eigenvalue weighted by Gasteiger charge is -2.30. The molecule has 1 aliphatic carbocycles. The average Bonchev–Trinajstić information content (AvgIpc) is 2.48. The second kappa shape index (κ2) is 8.79. The number of hydrogen-bond acceptors (Lipinski definition) is 2. The zero-order valence-electron chi connectivity index (χ0n) is 13.4. The lowest BCUT2D eigenvalue weighted by Crippen LogP contribution is -2.43. The van der Waals surface area contributed by atoms with Crippen LogP contribution in [0, 0.1) is 5.92 Å². The van der Waals surface area contributed by atoms with Crippen molar-refractivity contribution in [3.8, 4) is 0 Å². The van der Waals surface area contributed by atoms with Crippen molar-refractivity contribution in [3.63, 3.8) is 0 Å². The highest BCUT2D eigenvalue weighted by Gasteiger charge is 2.24. The summed E-state index contributed by atoms with van der Waals surface area (Å²) in [4.78, 5) is 12.2. The van der Waals surface area contributed by atoms with Crippen molar-refractivity contribution in [2.75, 3.05) is 6.61 Å². The van der Waals surface area contributed by atoms with Crippen LogP contribution < -0.4 is 10.6 Å². The van der Waals surface area contributed by atoms with Crippen molar-refractivity contribution < 1.29 is 9.90 Å². The lowest BCUT2D eigenvalue weighted by molar-refractivity contribution is 0.220. The molecular formula is C18H28N2O2. The predicted octanol–water partition coefficient (Wildman–Crippen LogP) is 3.38. The SMILES string of the molecule is CC(CCCO)NC(=O)NC(CC1CCC1)c1ccccc1. The van der Waals surface area contributed by atoms with Crippen molar-refractivity contribution in [1.29, 1.82) is 0 Å². The predicted molar refractivity (Wildman–Crippen MR) is 88.6 cm³/mol. The number of hydrogen-bond donors (Lipinski definition) is 3. The van der Waals surface area contributed by atoms with Crippen molar-refractivity contribution in [1.82, 2.24) is 10.6 Å². The van der Waals surface area contributed by atoms with E-state index in [0.717, 1.165) is 18.8 Å². The third-order valence-corrected chi connectivity index (χ3v) is 4.47. The fraction of sp³-hybridized carbons (Fsp3) is 0.611. The van der Waals surface area contributed by atoms with Crippen LogP contribution >= 0.6 is 0 Å². The molecule has 1 aromatic carbocycles. The Bertz CT molecular complexity index is 446. The molecule has 0 spiro atoms. The number of urea groups is 1. The fourth-order valence-electron chi connectivity index (χ4n) is 2.92. The van der Waals surface area contributed by atoms with E-state index in [0.29, 0.717) is 6.42 Å². The van der Waals surface area contributed by atoms with E-state index in [-0.39, 0.29) is 24.7 Å². The van der Waals surface area contributed by atoms with Gasteiger partial charge in [-0.25, -0.2) is 4.79 Å². The van der Waals surface area contributed by atoms with Crippen molar-refractivity contribution >= 4 is 6.03 Å². The molecule has 0 aliphatic heterocycles. The average molecular weight is 304 g/mol. The summed E-state index contributed by atoms with van der Waals surface area (Å²) in [6.07, 6.45) is 6.40. The van der Waals surface area contributed by atoms with Gasteiger partial charge in [-0.15, -0.1) is 0 Å². The molecule has 0 aromatic heterocycles. The monoisotopic (exact) mass is 304 g/mol. The molecule has 2 unspecified atom stereocenters. The molecule has 0 bridgehead atoms. The van der Waals surface area contributed by atoms with E-state index in [1.807, 2.05) is 25.1 Å². The molecule has 22 heavy (non-hydrogen) atoms. The summed E-state index contributed by atoms with van der Waals surface area (Å²) >= 11 is 0. The van der Waals surface area contributed by atoms with Crippen LogP contribution in [0.3, 0.4) is 0 Å². The summed E-state index contributed by atoms with van der Waals surface area (Å²) in [6, 6.07) is 10.2. The normalized spacial score (nSPS) is 17.4. The summed E-state index contributed by atoms with van der Waals surface area (Å²) in [5.74, 6) is 0.734. The lowest BCUT2D eigenvalue weighted by atomic mass is 9.79. The molecule has 1 aliphatic rings. The second-order valence-electron chi connectivity index (χ2n) is 6.38. The molecule has 1 fully saturated rings. The Labute approximate surface area is 133 Å². The van der Waals surface area contributed by atoms with Gasteiger partial charge in [0.1, 0.15) is 0 Å². The van der Waals surface area contributed by atoms with Crippen molar-refractivity contribution in [2.45, 2.75) is 57.5 Å². The highest BCUT2D eigenvalue weighted by Crippen LogP contribution is 2.34. The highest BCUT2D eigenvalue weighted by atomic mass is 16.3. The summed E-state index contributed by atoms with van der Waals surface area (Å²) in [5.41, 5.74) is 1.17. The summed E-state index contributed by atoms with van der Waals surface area (Å²) in [6.45, 7) is 2.14. The standard InChI is InChI=1S/C18H28N2O2/c1-14(7-6-12-21)19-18(22)20-17(13-15-8-5-9-15)16-10-3-2-4-11-16/h2-4,10-11,14-15,17,21H,5-9,12-13H2,1H3,(H2,19,20,22).